The van der Waals surface area contributed by atoms with Crippen molar-refractivity contribution in [2.75, 3.05) is 33.4 Å². The highest BCUT2D eigenvalue weighted by molar-refractivity contribution is 5.76. The first-order valence-corrected chi connectivity index (χ1v) is 12.2. The summed E-state index contributed by atoms with van der Waals surface area (Å²) in [5.41, 5.74) is 4.37. The Kier molecular flexibility index (Phi) is 6.55. The van der Waals surface area contributed by atoms with Gasteiger partial charge in [-0.15, -0.1) is 0 Å². The fraction of sp³-hybridized carbons (Fsp3) is 0.520. The number of fused-ring (bicyclic) bond motifs is 1. The summed E-state index contributed by atoms with van der Waals surface area (Å²) >= 11 is 0. The van der Waals surface area contributed by atoms with Gasteiger partial charge < -0.3 is 14.4 Å². The van der Waals surface area contributed by atoms with Crippen LogP contribution in [0.15, 0.2) is 24.7 Å². The zero-order valence-corrected chi connectivity index (χ0v) is 20.4. The number of nitrogens with zero attached hydrogens (tertiary/aromatic N) is 6. The van der Waals surface area contributed by atoms with E-state index in [-0.39, 0.29) is 17.8 Å². The number of carbonyl (C=O) groups is 1. The Hall–Kier alpha value is -3.27. The number of hydrogen-bond donors (Lipinski definition) is 0. The second kappa shape index (κ2) is 9.77. The molecule has 0 saturated carbocycles. The summed E-state index contributed by atoms with van der Waals surface area (Å²) in [6.45, 7) is 6.81. The van der Waals surface area contributed by atoms with Crippen LogP contribution < -0.4 is 4.74 Å². The lowest BCUT2D eigenvalue weighted by Gasteiger charge is -2.20. The highest BCUT2D eigenvalue weighted by Crippen LogP contribution is 2.33. The van der Waals surface area contributed by atoms with Gasteiger partial charge in [-0.3, -0.25) is 9.48 Å². The number of rotatable bonds is 6. The molecule has 1 amide bonds. The normalized spacial score (nSPS) is 18.9. The molecule has 186 valence electrons. The Morgan fingerprint density at radius 2 is 2.14 bits per heavy atom. The predicted octanol–water partition coefficient (Wildman–Crippen LogP) is 3.21. The number of methoxy groups -OCH3 is 1. The quantitative estimate of drug-likeness (QED) is 0.536. The fourth-order valence-electron chi connectivity index (χ4n) is 5.11. The van der Waals surface area contributed by atoms with Crippen LogP contribution in [-0.2, 0) is 22.4 Å². The van der Waals surface area contributed by atoms with Gasteiger partial charge in [0.05, 0.1) is 55.8 Å². The number of pyridine rings is 1. The van der Waals surface area contributed by atoms with Gasteiger partial charge in [-0.2, -0.15) is 10.2 Å². The minimum atomic E-state index is -0.533. The van der Waals surface area contributed by atoms with Crippen molar-refractivity contribution in [1.82, 2.24) is 29.4 Å². The van der Waals surface area contributed by atoms with Gasteiger partial charge in [-0.1, -0.05) is 6.92 Å². The molecule has 0 spiro atoms. The highest BCUT2D eigenvalue weighted by atomic mass is 19.1. The van der Waals surface area contributed by atoms with Crippen molar-refractivity contribution < 1.29 is 18.7 Å². The molecule has 9 nitrogen and oxygen atoms in total. The Labute approximate surface area is 203 Å². The highest BCUT2D eigenvalue weighted by Gasteiger charge is 2.31. The molecule has 3 aromatic rings. The van der Waals surface area contributed by atoms with E-state index in [2.05, 4.69) is 17.0 Å². The molecule has 1 saturated heterocycles. The summed E-state index contributed by atoms with van der Waals surface area (Å²) in [5.74, 6) is -0.0122. The molecule has 3 aromatic heterocycles. The number of halogens is 1. The third kappa shape index (κ3) is 4.42. The van der Waals surface area contributed by atoms with Crippen molar-refractivity contribution in [3.05, 3.63) is 41.7 Å². The van der Waals surface area contributed by atoms with E-state index < -0.39 is 5.82 Å². The van der Waals surface area contributed by atoms with Crippen molar-refractivity contribution in [1.29, 1.82) is 0 Å². The molecule has 2 aliphatic heterocycles. The summed E-state index contributed by atoms with van der Waals surface area (Å²) < 4.78 is 28.9. The summed E-state index contributed by atoms with van der Waals surface area (Å²) in [7, 11) is 1.39. The Balaban J connectivity index is 1.46. The van der Waals surface area contributed by atoms with E-state index in [9.17, 15) is 9.18 Å². The van der Waals surface area contributed by atoms with Gasteiger partial charge in [0.25, 0.3) is 0 Å². The minimum Gasteiger partial charge on any atom is -0.479 e. The van der Waals surface area contributed by atoms with E-state index in [1.54, 1.807) is 10.9 Å². The number of likely N-dealkylation sites (tertiary alicyclic amines) is 1. The molecule has 2 aliphatic rings. The molecule has 0 bridgehead atoms. The second-order valence-electron chi connectivity index (χ2n) is 9.17. The number of hydrogen-bond acceptors (Lipinski definition) is 6. The van der Waals surface area contributed by atoms with Gasteiger partial charge in [0.2, 0.25) is 11.8 Å². The van der Waals surface area contributed by atoms with Crippen LogP contribution in [0.1, 0.15) is 44.0 Å². The average Bonchev–Trinajstić information content (AvgIpc) is 3.59. The van der Waals surface area contributed by atoms with E-state index in [1.165, 1.54) is 13.2 Å². The van der Waals surface area contributed by atoms with Crippen molar-refractivity contribution in [3.63, 3.8) is 0 Å². The van der Waals surface area contributed by atoms with Crippen LogP contribution in [0.25, 0.3) is 16.9 Å². The molecular formula is C25H31FN6O3. The molecule has 35 heavy (non-hydrogen) atoms. The summed E-state index contributed by atoms with van der Waals surface area (Å²) in [5, 5.41) is 9.56. The fourth-order valence-corrected chi connectivity index (χ4v) is 5.11. The maximum Gasteiger partial charge on any atom is 0.250 e. The number of carbonyl (C=O) groups excluding carboxylic acids is 1. The van der Waals surface area contributed by atoms with Crippen molar-refractivity contribution >= 4 is 5.91 Å². The third-order valence-corrected chi connectivity index (χ3v) is 7.15. The first-order chi connectivity index (χ1) is 17.0. The zero-order valence-electron chi connectivity index (χ0n) is 20.4. The molecule has 2 atom stereocenters. The number of amides is 1. The van der Waals surface area contributed by atoms with E-state index in [4.69, 9.17) is 14.6 Å². The molecular weight excluding hydrogens is 451 g/mol. The third-order valence-electron chi connectivity index (χ3n) is 7.15. The summed E-state index contributed by atoms with van der Waals surface area (Å²) in [6, 6.07) is 1.55. The van der Waals surface area contributed by atoms with Crippen LogP contribution in [-0.4, -0.2) is 68.8 Å². The second-order valence-corrected chi connectivity index (χ2v) is 9.17. The molecule has 0 aliphatic carbocycles. The van der Waals surface area contributed by atoms with E-state index in [0.29, 0.717) is 44.1 Å². The maximum atomic E-state index is 14.4. The molecule has 0 N–H and O–H groups in total. The first kappa shape index (κ1) is 23.5. The summed E-state index contributed by atoms with van der Waals surface area (Å²) in [6.07, 6.45) is 8.34. The lowest BCUT2D eigenvalue weighted by Crippen LogP contribution is -2.29. The van der Waals surface area contributed by atoms with Gasteiger partial charge in [-0.25, -0.2) is 14.1 Å². The van der Waals surface area contributed by atoms with Crippen molar-refractivity contribution in [2.45, 2.75) is 45.6 Å². The smallest absolute Gasteiger partial charge is 0.250 e. The maximum absolute atomic E-state index is 14.4. The predicted molar refractivity (Wildman–Crippen MR) is 127 cm³/mol. The Bertz CT molecular complexity index is 1220. The van der Waals surface area contributed by atoms with E-state index in [1.807, 2.05) is 28.9 Å². The summed E-state index contributed by atoms with van der Waals surface area (Å²) in [4.78, 5) is 18.1. The number of ether oxygens (including phenoxy) is 2. The van der Waals surface area contributed by atoms with Crippen molar-refractivity contribution in [3.8, 4) is 22.8 Å². The largest absolute Gasteiger partial charge is 0.479 e. The monoisotopic (exact) mass is 482 g/mol. The van der Waals surface area contributed by atoms with Crippen molar-refractivity contribution in [2.24, 2.45) is 5.92 Å². The van der Waals surface area contributed by atoms with Gasteiger partial charge in [0.1, 0.15) is 0 Å². The Morgan fingerprint density at radius 1 is 1.31 bits per heavy atom. The van der Waals surface area contributed by atoms with Crippen LogP contribution in [0.3, 0.4) is 0 Å². The first-order valence-electron chi connectivity index (χ1n) is 12.2. The SMILES string of the molecule is CCC(=O)N1CC[C@@H](C(C)n2cc(-c3nn(-c4cnc(OC)c(F)c4)c4c3CCOCC4)cn2)C1. The number of aromatic nitrogens is 5. The molecule has 5 rings (SSSR count). The molecule has 0 aromatic carbocycles. The molecule has 10 heteroatoms. The van der Waals surface area contributed by atoms with E-state index in [0.717, 1.165) is 42.0 Å². The molecule has 1 unspecified atom stereocenters. The minimum absolute atomic E-state index is 0.0445. The van der Waals surface area contributed by atoms with Gasteiger partial charge in [0.15, 0.2) is 5.82 Å². The van der Waals surface area contributed by atoms with Crippen LogP contribution >= 0.6 is 0 Å². The van der Waals surface area contributed by atoms with Crippen LogP contribution in [0.2, 0.25) is 0 Å². The van der Waals surface area contributed by atoms with Gasteiger partial charge >= 0.3 is 0 Å². The molecule has 5 heterocycles. The molecule has 1 fully saturated rings. The van der Waals surface area contributed by atoms with Crippen LogP contribution in [0.4, 0.5) is 4.39 Å². The molecule has 0 radical (unpaired) electrons. The van der Waals surface area contributed by atoms with Gasteiger partial charge in [-0.05, 0) is 19.8 Å². The Morgan fingerprint density at radius 3 is 2.91 bits per heavy atom. The van der Waals surface area contributed by atoms with Crippen LogP contribution in [0.5, 0.6) is 5.88 Å². The zero-order chi connectivity index (χ0) is 24.5. The van der Waals surface area contributed by atoms with Crippen LogP contribution in [0, 0.1) is 11.7 Å². The topological polar surface area (TPSA) is 87.3 Å². The lowest BCUT2D eigenvalue weighted by atomic mass is 10.0. The lowest BCUT2D eigenvalue weighted by molar-refractivity contribution is -0.129. The standard InChI is InChI=1S/C25H31FN6O3/c1-4-23(33)30-8-5-17(14-30)16(2)31-15-18(12-28-31)24-20-6-9-35-10-7-22(20)32(29-24)19-11-21(26)25(34-3)27-13-19/h11-13,15-17H,4-10,14H2,1-3H3/t16?,17-/m1/s1. The van der Waals surface area contributed by atoms with Gasteiger partial charge in [0, 0.05) is 55.2 Å². The van der Waals surface area contributed by atoms with E-state index >= 15 is 0 Å². The average molecular weight is 483 g/mol.